The summed E-state index contributed by atoms with van der Waals surface area (Å²) < 4.78 is 13.0. The van der Waals surface area contributed by atoms with Crippen molar-refractivity contribution in [3.63, 3.8) is 0 Å². The van der Waals surface area contributed by atoms with E-state index in [9.17, 15) is 4.39 Å². The Morgan fingerprint density at radius 3 is 3.08 bits per heavy atom. The van der Waals surface area contributed by atoms with Gasteiger partial charge in [0.2, 0.25) is 0 Å². The number of halogens is 2. The van der Waals surface area contributed by atoms with Gasteiger partial charge in [-0.25, -0.2) is 4.39 Å². The van der Waals surface area contributed by atoms with Crippen LogP contribution in [-0.4, -0.2) is 0 Å². The van der Waals surface area contributed by atoms with Gasteiger partial charge in [-0.3, -0.25) is 0 Å². The van der Waals surface area contributed by atoms with Gasteiger partial charge in [0, 0.05) is 15.3 Å². The SMILES string of the molecule is Cc1cc2c(s1)CCCCC2(F)I. The van der Waals surface area contributed by atoms with E-state index in [1.807, 2.05) is 28.7 Å². The van der Waals surface area contributed by atoms with Gasteiger partial charge in [0.25, 0.3) is 0 Å². The van der Waals surface area contributed by atoms with E-state index in [0.29, 0.717) is 6.42 Å². The summed E-state index contributed by atoms with van der Waals surface area (Å²) >= 11 is 3.72. The van der Waals surface area contributed by atoms with Crippen LogP contribution in [0.5, 0.6) is 0 Å². The second-order valence-electron chi connectivity index (χ2n) is 3.61. The number of hydrogen-bond acceptors (Lipinski definition) is 1. The maximum Gasteiger partial charge on any atom is 0.187 e. The molecule has 1 aromatic heterocycles. The van der Waals surface area contributed by atoms with E-state index in [-0.39, 0.29) is 0 Å². The highest BCUT2D eigenvalue weighted by Crippen LogP contribution is 2.45. The number of rotatable bonds is 0. The van der Waals surface area contributed by atoms with E-state index in [0.717, 1.165) is 24.8 Å². The number of fused-ring (bicyclic) bond motifs is 1. The monoisotopic (exact) mass is 310 g/mol. The molecule has 0 nitrogen and oxygen atoms in total. The van der Waals surface area contributed by atoms with E-state index < -0.39 is 3.68 Å². The average molecular weight is 310 g/mol. The molecule has 72 valence electrons. The summed E-state index contributed by atoms with van der Waals surface area (Å²) in [6.07, 6.45) is 3.90. The first-order valence-corrected chi connectivity index (χ1v) is 6.47. The number of aryl methyl sites for hydroxylation is 2. The van der Waals surface area contributed by atoms with Gasteiger partial charge in [-0.05, 0) is 61.3 Å². The molecule has 0 saturated heterocycles. The van der Waals surface area contributed by atoms with Crippen LogP contribution in [0.4, 0.5) is 4.39 Å². The third-order valence-corrected chi connectivity index (χ3v) is 4.70. The van der Waals surface area contributed by atoms with Crippen molar-refractivity contribution in [2.45, 2.75) is 36.3 Å². The van der Waals surface area contributed by atoms with Gasteiger partial charge in [-0.15, -0.1) is 11.3 Å². The van der Waals surface area contributed by atoms with Crippen molar-refractivity contribution >= 4 is 33.9 Å². The molecule has 0 amide bonds. The van der Waals surface area contributed by atoms with Crippen molar-refractivity contribution in [3.8, 4) is 0 Å². The lowest BCUT2D eigenvalue weighted by Crippen LogP contribution is -2.09. The molecule has 0 fully saturated rings. The molecule has 0 spiro atoms. The molecule has 0 N–H and O–H groups in total. The molecular formula is C10H12FIS. The summed E-state index contributed by atoms with van der Waals surface area (Å²) in [5.41, 5.74) is 0.952. The Morgan fingerprint density at radius 2 is 2.31 bits per heavy atom. The molecule has 1 aliphatic carbocycles. The molecule has 1 aliphatic rings. The van der Waals surface area contributed by atoms with Gasteiger partial charge in [0.05, 0.1) is 0 Å². The summed E-state index contributed by atoms with van der Waals surface area (Å²) in [7, 11) is 0. The van der Waals surface area contributed by atoms with Gasteiger partial charge in [0.1, 0.15) is 0 Å². The largest absolute Gasteiger partial charge is 0.227 e. The van der Waals surface area contributed by atoms with Gasteiger partial charge in [-0.2, -0.15) is 0 Å². The molecule has 0 saturated carbocycles. The van der Waals surface area contributed by atoms with Gasteiger partial charge in [-0.1, -0.05) is 0 Å². The molecule has 1 heterocycles. The zero-order valence-corrected chi connectivity index (χ0v) is 10.5. The van der Waals surface area contributed by atoms with Crippen LogP contribution in [-0.2, 0) is 10.1 Å². The normalized spacial score (nSPS) is 28.2. The summed E-state index contributed by atoms with van der Waals surface area (Å²) in [5.74, 6) is 0. The Morgan fingerprint density at radius 1 is 1.54 bits per heavy atom. The minimum atomic E-state index is -1.10. The van der Waals surface area contributed by atoms with Crippen molar-refractivity contribution in [2.75, 3.05) is 0 Å². The van der Waals surface area contributed by atoms with Gasteiger partial charge in [0.15, 0.2) is 3.68 Å². The number of hydrogen-bond donors (Lipinski definition) is 0. The third kappa shape index (κ3) is 1.91. The predicted octanol–water partition coefficient (Wildman–Crippen LogP) is 4.34. The zero-order valence-electron chi connectivity index (χ0n) is 7.57. The Balaban J connectivity index is 2.47. The van der Waals surface area contributed by atoms with Crippen LogP contribution >= 0.6 is 33.9 Å². The highest BCUT2D eigenvalue weighted by molar-refractivity contribution is 14.1. The Hall–Kier alpha value is 0.360. The Labute approximate surface area is 95.7 Å². The molecule has 1 aromatic rings. The van der Waals surface area contributed by atoms with Crippen LogP contribution in [0.1, 0.15) is 34.6 Å². The fraction of sp³-hybridized carbons (Fsp3) is 0.600. The lowest BCUT2D eigenvalue weighted by atomic mass is 10.1. The lowest BCUT2D eigenvalue weighted by molar-refractivity contribution is 0.297. The van der Waals surface area contributed by atoms with E-state index in [1.165, 1.54) is 9.75 Å². The fourth-order valence-corrected chi connectivity index (χ4v) is 4.01. The third-order valence-electron chi connectivity index (χ3n) is 2.47. The smallest absolute Gasteiger partial charge is 0.187 e. The average Bonchev–Trinajstić information content (AvgIpc) is 2.36. The van der Waals surface area contributed by atoms with Gasteiger partial charge < -0.3 is 0 Å². The number of alkyl halides is 2. The first kappa shape index (κ1) is 9.90. The maximum absolute atomic E-state index is 14.1. The van der Waals surface area contributed by atoms with Crippen LogP contribution in [0.3, 0.4) is 0 Å². The molecule has 0 aromatic carbocycles. The van der Waals surface area contributed by atoms with E-state index in [2.05, 4.69) is 6.92 Å². The second-order valence-corrected chi connectivity index (χ2v) is 6.66. The molecule has 2 rings (SSSR count). The molecular weight excluding hydrogens is 298 g/mol. The van der Waals surface area contributed by atoms with E-state index >= 15 is 0 Å². The molecule has 1 atom stereocenters. The summed E-state index contributed by atoms with van der Waals surface area (Å²) in [6, 6.07) is 2.03. The van der Waals surface area contributed by atoms with Crippen LogP contribution < -0.4 is 0 Å². The first-order valence-electron chi connectivity index (χ1n) is 4.57. The quantitative estimate of drug-likeness (QED) is 0.380. The standard InChI is InChI=1S/C10H12FIS/c1-7-6-8-9(13-7)4-2-3-5-10(8,11)12/h6H,2-5H2,1H3. The van der Waals surface area contributed by atoms with Crippen molar-refractivity contribution < 1.29 is 4.39 Å². The minimum absolute atomic E-state index is 0.677. The topological polar surface area (TPSA) is 0 Å². The van der Waals surface area contributed by atoms with Crippen LogP contribution in [0.15, 0.2) is 6.07 Å². The van der Waals surface area contributed by atoms with Crippen molar-refractivity contribution in [1.29, 1.82) is 0 Å². The highest BCUT2D eigenvalue weighted by Gasteiger charge is 2.33. The minimum Gasteiger partial charge on any atom is -0.227 e. The zero-order chi connectivity index (χ0) is 9.47. The molecule has 3 heteroatoms. The van der Waals surface area contributed by atoms with Crippen molar-refractivity contribution in [2.24, 2.45) is 0 Å². The summed E-state index contributed by atoms with van der Waals surface area (Å²) in [4.78, 5) is 2.51. The maximum atomic E-state index is 14.1. The van der Waals surface area contributed by atoms with Crippen LogP contribution in [0, 0.1) is 6.92 Å². The summed E-state index contributed by atoms with van der Waals surface area (Å²) in [6.45, 7) is 2.06. The molecule has 1 unspecified atom stereocenters. The second kappa shape index (κ2) is 3.50. The van der Waals surface area contributed by atoms with Gasteiger partial charge >= 0.3 is 0 Å². The van der Waals surface area contributed by atoms with Crippen LogP contribution in [0.25, 0.3) is 0 Å². The predicted molar refractivity (Wildman–Crippen MR) is 63.4 cm³/mol. The fourth-order valence-electron chi connectivity index (χ4n) is 1.83. The Kier molecular flexibility index (Phi) is 2.66. The van der Waals surface area contributed by atoms with Crippen molar-refractivity contribution in [1.82, 2.24) is 0 Å². The first-order chi connectivity index (χ1) is 6.09. The van der Waals surface area contributed by atoms with E-state index in [4.69, 9.17) is 0 Å². The number of thiophene rings is 1. The lowest BCUT2D eigenvalue weighted by Gasteiger charge is -2.15. The molecule has 0 aliphatic heterocycles. The van der Waals surface area contributed by atoms with E-state index in [1.54, 1.807) is 11.3 Å². The van der Waals surface area contributed by atoms with Crippen LogP contribution in [0.2, 0.25) is 0 Å². The molecule has 0 radical (unpaired) electrons. The molecule has 0 bridgehead atoms. The summed E-state index contributed by atoms with van der Waals surface area (Å²) in [5, 5.41) is 0. The van der Waals surface area contributed by atoms with Crippen molar-refractivity contribution in [3.05, 3.63) is 21.4 Å². The highest BCUT2D eigenvalue weighted by atomic mass is 127. The Bertz CT molecular complexity index is 317. The molecule has 13 heavy (non-hydrogen) atoms.